The van der Waals surface area contributed by atoms with Gasteiger partial charge in [0.05, 0.1) is 0 Å². The van der Waals surface area contributed by atoms with Gasteiger partial charge < -0.3 is 9.63 Å². The highest BCUT2D eigenvalue weighted by atomic mass is 19.1. The minimum absolute atomic E-state index is 0.0810. The predicted octanol–water partition coefficient (Wildman–Crippen LogP) is 1.80. The summed E-state index contributed by atoms with van der Waals surface area (Å²) in [6, 6.07) is 6.01. The van der Waals surface area contributed by atoms with E-state index < -0.39 is 0 Å². The number of benzene rings is 1. The smallest absolute Gasteiger partial charge is 0.227 e. The molecule has 16 heavy (non-hydrogen) atoms. The normalized spacial score (nSPS) is 10.6. The van der Waals surface area contributed by atoms with Crippen LogP contribution in [0.2, 0.25) is 0 Å². The lowest BCUT2D eigenvalue weighted by molar-refractivity contribution is 0.278. The standard InChI is InChI=1S/C11H11FN2O2/c12-9-4-1-3-8(7-9)11-13-10(16-14-11)5-2-6-15/h1,3-4,7,15H,2,5-6H2. The molecule has 0 atom stereocenters. The van der Waals surface area contributed by atoms with Crippen LogP contribution in [0.15, 0.2) is 28.8 Å². The van der Waals surface area contributed by atoms with Crippen LogP contribution in [-0.4, -0.2) is 21.9 Å². The highest BCUT2D eigenvalue weighted by Gasteiger charge is 2.08. The van der Waals surface area contributed by atoms with Crippen LogP contribution in [0.5, 0.6) is 0 Å². The summed E-state index contributed by atoms with van der Waals surface area (Å²) in [5, 5.41) is 12.4. The molecule has 0 saturated heterocycles. The number of hydrogen-bond acceptors (Lipinski definition) is 4. The Labute approximate surface area is 91.7 Å². The number of aryl methyl sites for hydroxylation is 1. The third kappa shape index (κ3) is 2.43. The van der Waals surface area contributed by atoms with Crippen LogP contribution in [0, 0.1) is 5.82 Å². The lowest BCUT2D eigenvalue weighted by Crippen LogP contribution is -1.89. The summed E-state index contributed by atoms with van der Waals surface area (Å²) in [5.41, 5.74) is 0.582. The summed E-state index contributed by atoms with van der Waals surface area (Å²) in [6.45, 7) is 0.0810. The van der Waals surface area contributed by atoms with Crippen molar-refractivity contribution in [3.8, 4) is 11.4 Å². The summed E-state index contributed by atoms with van der Waals surface area (Å²) in [4.78, 5) is 4.10. The topological polar surface area (TPSA) is 59.2 Å². The van der Waals surface area contributed by atoms with Crippen molar-refractivity contribution in [1.29, 1.82) is 0 Å². The molecule has 5 heteroatoms. The zero-order chi connectivity index (χ0) is 11.4. The Bertz CT molecular complexity index is 471. The molecule has 2 aromatic rings. The van der Waals surface area contributed by atoms with Gasteiger partial charge in [-0.05, 0) is 18.6 Å². The maximum Gasteiger partial charge on any atom is 0.227 e. The van der Waals surface area contributed by atoms with Crippen molar-refractivity contribution in [2.45, 2.75) is 12.8 Å². The predicted molar refractivity (Wildman–Crippen MR) is 55.1 cm³/mol. The first-order valence-corrected chi connectivity index (χ1v) is 4.99. The molecule has 0 aliphatic carbocycles. The van der Waals surface area contributed by atoms with E-state index >= 15 is 0 Å². The summed E-state index contributed by atoms with van der Waals surface area (Å²) < 4.78 is 17.9. The maximum atomic E-state index is 12.9. The largest absolute Gasteiger partial charge is 0.396 e. The van der Waals surface area contributed by atoms with Gasteiger partial charge in [0.1, 0.15) is 5.82 Å². The molecule has 0 aliphatic rings. The monoisotopic (exact) mass is 222 g/mol. The first-order valence-electron chi connectivity index (χ1n) is 4.99. The molecule has 2 rings (SSSR count). The van der Waals surface area contributed by atoms with Crippen molar-refractivity contribution in [3.05, 3.63) is 36.0 Å². The molecule has 0 saturated carbocycles. The quantitative estimate of drug-likeness (QED) is 0.856. The summed E-state index contributed by atoms with van der Waals surface area (Å²) in [7, 11) is 0. The lowest BCUT2D eigenvalue weighted by Gasteiger charge is -1.93. The van der Waals surface area contributed by atoms with Crippen molar-refractivity contribution >= 4 is 0 Å². The SMILES string of the molecule is OCCCc1nc(-c2cccc(F)c2)no1. The van der Waals surface area contributed by atoms with Crippen LogP contribution >= 0.6 is 0 Å². The molecule has 0 spiro atoms. The zero-order valence-corrected chi connectivity index (χ0v) is 8.56. The van der Waals surface area contributed by atoms with Gasteiger partial charge in [0.25, 0.3) is 0 Å². The Morgan fingerprint density at radius 1 is 1.38 bits per heavy atom. The van der Waals surface area contributed by atoms with E-state index in [1.54, 1.807) is 12.1 Å². The molecule has 0 bridgehead atoms. The van der Waals surface area contributed by atoms with Crippen molar-refractivity contribution in [3.63, 3.8) is 0 Å². The van der Waals surface area contributed by atoms with E-state index in [9.17, 15) is 4.39 Å². The number of rotatable bonds is 4. The van der Waals surface area contributed by atoms with E-state index in [4.69, 9.17) is 9.63 Å². The minimum Gasteiger partial charge on any atom is -0.396 e. The fourth-order valence-corrected chi connectivity index (χ4v) is 1.33. The summed E-state index contributed by atoms with van der Waals surface area (Å²) in [5.74, 6) is 0.486. The van der Waals surface area contributed by atoms with E-state index in [2.05, 4.69) is 10.1 Å². The molecule has 1 aromatic carbocycles. The zero-order valence-electron chi connectivity index (χ0n) is 8.56. The average molecular weight is 222 g/mol. The molecule has 0 amide bonds. The molecule has 1 N–H and O–H groups in total. The molecule has 84 valence electrons. The van der Waals surface area contributed by atoms with Crippen LogP contribution in [0.25, 0.3) is 11.4 Å². The number of aromatic nitrogens is 2. The molecular formula is C11H11FN2O2. The molecular weight excluding hydrogens is 211 g/mol. The van der Waals surface area contributed by atoms with Crippen LogP contribution in [-0.2, 0) is 6.42 Å². The molecule has 0 aliphatic heterocycles. The van der Waals surface area contributed by atoms with Gasteiger partial charge in [-0.1, -0.05) is 17.3 Å². The lowest BCUT2D eigenvalue weighted by atomic mass is 10.2. The van der Waals surface area contributed by atoms with E-state index in [-0.39, 0.29) is 12.4 Å². The van der Waals surface area contributed by atoms with Gasteiger partial charge in [-0.25, -0.2) is 4.39 Å². The van der Waals surface area contributed by atoms with Crippen molar-refractivity contribution in [2.24, 2.45) is 0 Å². The molecule has 0 fully saturated rings. The minimum atomic E-state index is -0.334. The number of halogens is 1. The first-order chi connectivity index (χ1) is 7.79. The third-order valence-corrected chi connectivity index (χ3v) is 2.10. The summed E-state index contributed by atoms with van der Waals surface area (Å²) >= 11 is 0. The Hall–Kier alpha value is -1.75. The Morgan fingerprint density at radius 2 is 2.25 bits per heavy atom. The molecule has 1 aromatic heterocycles. The van der Waals surface area contributed by atoms with Gasteiger partial charge >= 0.3 is 0 Å². The van der Waals surface area contributed by atoms with E-state index in [1.807, 2.05) is 0 Å². The number of nitrogens with zero attached hydrogens (tertiary/aromatic N) is 2. The van der Waals surface area contributed by atoms with Gasteiger partial charge in [0, 0.05) is 18.6 Å². The highest BCUT2D eigenvalue weighted by Crippen LogP contribution is 2.16. The van der Waals surface area contributed by atoms with E-state index in [0.717, 1.165) is 0 Å². The van der Waals surface area contributed by atoms with E-state index in [0.29, 0.717) is 30.1 Å². The van der Waals surface area contributed by atoms with Crippen LogP contribution < -0.4 is 0 Å². The van der Waals surface area contributed by atoms with Gasteiger partial charge in [0.15, 0.2) is 0 Å². The van der Waals surface area contributed by atoms with E-state index in [1.165, 1.54) is 12.1 Å². The first kappa shape index (κ1) is 10.8. The average Bonchev–Trinajstić information content (AvgIpc) is 2.75. The molecule has 4 nitrogen and oxygen atoms in total. The Balaban J connectivity index is 2.18. The molecule has 1 heterocycles. The Morgan fingerprint density at radius 3 is 3.00 bits per heavy atom. The number of aliphatic hydroxyl groups is 1. The van der Waals surface area contributed by atoms with Crippen molar-refractivity contribution in [1.82, 2.24) is 10.1 Å². The second-order valence-electron chi connectivity index (χ2n) is 3.35. The fraction of sp³-hybridized carbons (Fsp3) is 0.273. The second kappa shape index (κ2) is 4.85. The third-order valence-electron chi connectivity index (χ3n) is 2.10. The second-order valence-corrected chi connectivity index (χ2v) is 3.35. The molecule has 0 radical (unpaired) electrons. The Kier molecular flexibility index (Phi) is 3.26. The molecule has 0 unspecified atom stereocenters. The maximum absolute atomic E-state index is 12.9. The number of aliphatic hydroxyl groups excluding tert-OH is 1. The summed E-state index contributed by atoms with van der Waals surface area (Å²) in [6.07, 6.45) is 1.10. The van der Waals surface area contributed by atoms with Crippen LogP contribution in [0.3, 0.4) is 0 Å². The van der Waals surface area contributed by atoms with Crippen LogP contribution in [0.4, 0.5) is 4.39 Å². The van der Waals surface area contributed by atoms with Gasteiger partial charge in [-0.2, -0.15) is 4.98 Å². The van der Waals surface area contributed by atoms with Crippen molar-refractivity contribution in [2.75, 3.05) is 6.61 Å². The number of hydrogen-bond donors (Lipinski definition) is 1. The van der Waals surface area contributed by atoms with Gasteiger partial charge in [0.2, 0.25) is 11.7 Å². The van der Waals surface area contributed by atoms with Crippen molar-refractivity contribution < 1.29 is 14.0 Å². The highest BCUT2D eigenvalue weighted by molar-refractivity contribution is 5.53. The fourth-order valence-electron chi connectivity index (χ4n) is 1.33. The van der Waals surface area contributed by atoms with Gasteiger partial charge in [-0.15, -0.1) is 0 Å². The van der Waals surface area contributed by atoms with Gasteiger partial charge in [-0.3, -0.25) is 0 Å². The van der Waals surface area contributed by atoms with Crippen LogP contribution in [0.1, 0.15) is 12.3 Å².